The van der Waals surface area contributed by atoms with Gasteiger partial charge in [0.25, 0.3) is 5.91 Å². The van der Waals surface area contributed by atoms with Crippen LogP contribution in [-0.2, 0) is 9.57 Å². The third-order valence-corrected chi connectivity index (χ3v) is 2.78. The molecule has 0 spiro atoms. The van der Waals surface area contributed by atoms with E-state index in [1.54, 1.807) is 24.3 Å². The maximum atomic E-state index is 11.7. The van der Waals surface area contributed by atoms with Crippen LogP contribution >= 0.6 is 11.6 Å². The Balaban J connectivity index is 1.82. The monoisotopic (exact) mass is 255 g/mol. The van der Waals surface area contributed by atoms with Crippen molar-refractivity contribution in [2.24, 2.45) is 0 Å². The molecule has 1 saturated heterocycles. The summed E-state index contributed by atoms with van der Waals surface area (Å²) >= 11 is 5.73. The molecule has 1 fully saturated rings. The van der Waals surface area contributed by atoms with E-state index in [1.807, 2.05) is 0 Å². The molecule has 4 nitrogen and oxygen atoms in total. The first-order chi connectivity index (χ1) is 8.25. The highest BCUT2D eigenvalue weighted by molar-refractivity contribution is 6.30. The highest BCUT2D eigenvalue weighted by Gasteiger charge is 2.16. The van der Waals surface area contributed by atoms with Crippen LogP contribution in [0.25, 0.3) is 0 Å². The Bertz CT molecular complexity index is 374. The Kier molecular flexibility index (Phi) is 4.36. The molecule has 1 aromatic rings. The third kappa shape index (κ3) is 3.70. The molecule has 17 heavy (non-hydrogen) atoms. The summed E-state index contributed by atoms with van der Waals surface area (Å²) in [5, 5.41) is 0.595. The first-order valence-electron chi connectivity index (χ1n) is 5.59. The Morgan fingerprint density at radius 3 is 2.76 bits per heavy atom. The summed E-state index contributed by atoms with van der Waals surface area (Å²) in [5.41, 5.74) is 2.89. The van der Waals surface area contributed by atoms with Gasteiger partial charge >= 0.3 is 0 Å². The van der Waals surface area contributed by atoms with Crippen molar-refractivity contribution in [3.05, 3.63) is 34.9 Å². The molecule has 1 N–H and O–H groups in total. The van der Waals surface area contributed by atoms with Crippen molar-refractivity contribution in [1.82, 2.24) is 5.48 Å². The molecule has 0 bridgehead atoms. The van der Waals surface area contributed by atoms with E-state index in [4.69, 9.17) is 21.2 Å². The smallest absolute Gasteiger partial charge is 0.274 e. The van der Waals surface area contributed by atoms with Gasteiger partial charge in [0.05, 0.1) is 0 Å². The van der Waals surface area contributed by atoms with E-state index in [0.717, 1.165) is 19.3 Å². The fourth-order valence-electron chi connectivity index (χ4n) is 1.58. The number of benzene rings is 1. The van der Waals surface area contributed by atoms with E-state index in [-0.39, 0.29) is 12.2 Å². The predicted octanol–water partition coefficient (Wildman–Crippen LogP) is 2.53. The minimum atomic E-state index is -0.333. The van der Waals surface area contributed by atoms with Gasteiger partial charge in [-0.1, -0.05) is 11.6 Å². The Hall–Kier alpha value is -1.10. The lowest BCUT2D eigenvalue weighted by atomic mass is 10.2. The second kappa shape index (κ2) is 6.00. The highest BCUT2D eigenvalue weighted by atomic mass is 35.5. The number of ether oxygens (including phenoxy) is 1. The number of hydrogen-bond donors (Lipinski definition) is 1. The van der Waals surface area contributed by atoms with Crippen molar-refractivity contribution in [3.8, 4) is 0 Å². The lowest BCUT2D eigenvalue weighted by Gasteiger charge is -2.22. The number of halogens is 1. The van der Waals surface area contributed by atoms with Gasteiger partial charge in [-0.05, 0) is 37.1 Å². The molecule has 1 aromatic carbocycles. The number of rotatable bonds is 3. The molecule has 1 aliphatic rings. The minimum Gasteiger partial charge on any atom is -0.350 e. The summed E-state index contributed by atoms with van der Waals surface area (Å²) in [6, 6.07) is 6.60. The molecule has 0 saturated carbocycles. The fraction of sp³-hybridized carbons (Fsp3) is 0.417. The molecule has 1 unspecified atom stereocenters. The van der Waals surface area contributed by atoms with Crippen LogP contribution < -0.4 is 5.48 Å². The normalized spacial score (nSPS) is 19.9. The molecule has 1 atom stereocenters. The number of nitrogens with one attached hydrogen (secondary N) is 1. The van der Waals surface area contributed by atoms with Crippen LogP contribution in [0.2, 0.25) is 5.02 Å². The summed E-state index contributed by atoms with van der Waals surface area (Å²) in [6.07, 6.45) is 2.58. The zero-order valence-electron chi connectivity index (χ0n) is 9.32. The van der Waals surface area contributed by atoms with Crippen LogP contribution in [-0.4, -0.2) is 18.8 Å². The Morgan fingerprint density at radius 2 is 2.12 bits per heavy atom. The van der Waals surface area contributed by atoms with Gasteiger partial charge in [-0.25, -0.2) is 10.3 Å². The van der Waals surface area contributed by atoms with E-state index < -0.39 is 0 Å². The summed E-state index contributed by atoms with van der Waals surface area (Å²) < 4.78 is 5.33. The van der Waals surface area contributed by atoms with Crippen molar-refractivity contribution < 1.29 is 14.4 Å². The molecule has 1 heterocycles. The minimum absolute atomic E-state index is 0.296. The fourth-order valence-corrected chi connectivity index (χ4v) is 1.71. The van der Waals surface area contributed by atoms with Gasteiger partial charge in [-0.2, -0.15) is 0 Å². The van der Waals surface area contributed by atoms with Crippen LogP contribution in [0.3, 0.4) is 0 Å². The summed E-state index contributed by atoms with van der Waals surface area (Å²) in [6.45, 7) is 0.682. The molecule has 92 valence electrons. The predicted molar refractivity (Wildman–Crippen MR) is 63.6 cm³/mol. The lowest BCUT2D eigenvalue weighted by molar-refractivity contribution is -0.186. The lowest BCUT2D eigenvalue weighted by Crippen LogP contribution is -2.33. The van der Waals surface area contributed by atoms with Gasteiger partial charge in [-0.15, -0.1) is 0 Å². The zero-order valence-corrected chi connectivity index (χ0v) is 10.1. The van der Waals surface area contributed by atoms with Crippen LogP contribution in [0, 0.1) is 0 Å². The van der Waals surface area contributed by atoms with Crippen LogP contribution in [0.4, 0.5) is 0 Å². The topological polar surface area (TPSA) is 47.6 Å². The maximum Gasteiger partial charge on any atom is 0.274 e. The average molecular weight is 256 g/mol. The van der Waals surface area contributed by atoms with Gasteiger partial charge in [0.1, 0.15) is 0 Å². The quantitative estimate of drug-likeness (QED) is 0.845. The van der Waals surface area contributed by atoms with E-state index >= 15 is 0 Å². The van der Waals surface area contributed by atoms with Crippen LogP contribution in [0.1, 0.15) is 29.6 Å². The van der Waals surface area contributed by atoms with Gasteiger partial charge in [0, 0.05) is 23.6 Å². The standard InChI is InChI=1S/C12H14ClNO3/c13-10-6-4-9(5-7-10)12(15)14-17-11-3-1-2-8-16-11/h4-7,11H,1-3,8H2,(H,14,15). The number of carbonyl (C=O) groups excluding carboxylic acids is 1. The largest absolute Gasteiger partial charge is 0.350 e. The van der Waals surface area contributed by atoms with Crippen molar-refractivity contribution in [3.63, 3.8) is 0 Å². The van der Waals surface area contributed by atoms with E-state index in [2.05, 4.69) is 5.48 Å². The van der Waals surface area contributed by atoms with E-state index in [0.29, 0.717) is 17.2 Å². The van der Waals surface area contributed by atoms with Gasteiger partial charge in [0.2, 0.25) is 0 Å². The van der Waals surface area contributed by atoms with E-state index in [1.165, 1.54) is 0 Å². The molecular formula is C12H14ClNO3. The number of carbonyl (C=O) groups is 1. The van der Waals surface area contributed by atoms with Crippen LogP contribution in [0.5, 0.6) is 0 Å². The van der Waals surface area contributed by atoms with Gasteiger partial charge in [-0.3, -0.25) is 4.79 Å². The maximum absolute atomic E-state index is 11.7. The zero-order chi connectivity index (χ0) is 12.1. The SMILES string of the molecule is O=C(NOC1CCCCO1)c1ccc(Cl)cc1. The first kappa shape index (κ1) is 12.4. The van der Waals surface area contributed by atoms with Gasteiger partial charge < -0.3 is 4.74 Å². The van der Waals surface area contributed by atoms with Crippen molar-refractivity contribution >= 4 is 17.5 Å². The highest BCUT2D eigenvalue weighted by Crippen LogP contribution is 2.13. The molecule has 1 amide bonds. The summed E-state index contributed by atoms with van der Waals surface area (Å²) in [5.74, 6) is -0.296. The second-order valence-corrected chi connectivity index (χ2v) is 4.29. The number of hydroxylamine groups is 1. The molecule has 1 aliphatic heterocycles. The Morgan fingerprint density at radius 1 is 1.35 bits per heavy atom. The number of hydrogen-bond acceptors (Lipinski definition) is 3. The Labute approximate surface area is 105 Å². The summed E-state index contributed by atoms with van der Waals surface area (Å²) in [7, 11) is 0. The third-order valence-electron chi connectivity index (χ3n) is 2.53. The molecule has 2 rings (SSSR count). The van der Waals surface area contributed by atoms with Crippen molar-refractivity contribution in [2.45, 2.75) is 25.6 Å². The molecule has 0 aromatic heterocycles. The molecular weight excluding hydrogens is 242 g/mol. The molecule has 5 heteroatoms. The van der Waals surface area contributed by atoms with Gasteiger partial charge in [0.15, 0.2) is 6.29 Å². The average Bonchev–Trinajstić information content (AvgIpc) is 2.38. The first-order valence-corrected chi connectivity index (χ1v) is 5.96. The van der Waals surface area contributed by atoms with Crippen molar-refractivity contribution in [2.75, 3.05) is 6.61 Å². The molecule has 0 aliphatic carbocycles. The van der Waals surface area contributed by atoms with Crippen LogP contribution in [0.15, 0.2) is 24.3 Å². The second-order valence-electron chi connectivity index (χ2n) is 3.85. The number of amides is 1. The van der Waals surface area contributed by atoms with Crippen molar-refractivity contribution in [1.29, 1.82) is 0 Å². The molecule has 0 radical (unpaired) electrons. The van der Waals surface area contributed by atoms with E-state index in [9.17, 15) is 4.79 Å². The summed E-state index contributed by atoms with van der Waals surface area (Å²) in [4.78, 5) is 16.8.